The van der Waals surface area contributed by atoms with Crippen molar-refractivity contribution >= 4 is 47.0 Å². The fourth-order valence-electron chi connectivity index (χ4n) is 5.10. The van der Waals surface area contributed by atoms with Crippen LogP contribution in [0.4, 0.5) is 9.18 Å². The number of thioether (sulfide) groups is 1. The van der Waals surface area contributed by atoms with E-state index in [2.05, 4.69) is 10.1 Å². The third kappa shape index (κ3) is 5.53. The third-order valence-electron chi connectivity index (χ3n) is 7.02. The van der Waals surface area contributed by atoms with Crippen molar-refractivity contribution in [3.63, 3.8) is 0 Å². The van der Waals surface area contributed by atoms with Crippen LogP contribution in [0, 0.1) is 5.82 Å². The third-order valence-corrected chi connectivity index (χ3v) is 8.98. The molecule has 2 unspecified atom stereocenters. The van der Waals surface area contributed by atoms with E-state index in [1.54, 1.807) is 48.3 Å². The number of carbonyl (C=O) groups is 2. The van der Waals surface area contributed by atoms with Crippen LogP contribution in [-0.2, 0) is 22.1 Å². The van der Waals surface area contributed by atoms with E-state index in [0.29, 0.717) is 18.1 Å². The van der Waals surface area contributed by atoms with E-state index < -0.39 is 23.1 Å². The van der Waals surface area contributed by atoms with Crippen LogP contribution in [0.25, 0.3) is 11.1 Å². The van der Waals surface area contributed by atoms with Gasteiger partial charge in [0, 0.05) is 61.2 Å². The number of pyridine rings is 1. The lowest BCUT2D eigenvalue weighted by Gasteiger charge is -2.51. The number of rotatable bonds is 5. The molecule has 0 spiro atoms. The summed E-state index contributed by atoms with van der Waals surface area (Å²) in [5.41, 5.74) is -0.558. The van der Waals surface area contributed by atoms with Crippen molar-refractivity contribution in [2.24, 2.45) is 7.05 Å². The first kappa shape index (κ1) is 28.7. The van der Waals surface area contributed by atoms with Crippen molar-refractivity contribution in [2.75, 3.05) is 19.6 Å². The molecule has 8 nitrogen and oxygen atoms in total. The van der Waals surface area contributed by atoms with Gasteiger partial charge in [-0.1, -0.05) is 29.3 Å². The van der Waals surface area contributed by atoms with E-state index in [-0.39, 0.29) is 34.8 Å². The second kappa shape index (κ2) is 10.9. The van der Waals surface area contributed by atoms with Gasteiger partial charge < -0.3 is 9.64 Å². The summed E-state index contributed by atoms with van der Waals surface area (Å²) in [6.07, 6.45) is 5.26. The van der Waals surface area contributed by atoms with Gasteiger partial charge in [-0.05, 0) is 51.0 Å². The van der Waals surface area contributed by atoms with Crippen molar-refractivity contribution < 1.29 is 18.7 Å². The summed E-state index contributed by atoms with van der Waals surface area (Å²) in [5, 5.41) is 5.01. The van der Waals surface area contributed by atoms with Gasteiger partial charge in [-0.3, -0.25) is 19.4 Å². The summed E-state index contributed by atoms with van der Waals surface area (Å²) in [5.74, 6) is -1.11. The fraction of sp³-hybridized carbons (Fsp3) is 0.429. The molecular weight excluding hydrogens is 576 g/mol. The number of hydrogen-bond acceptors (Lipinski definition) is 6. The maximum atomic E-state index is 15.2. The highest BCUT2D eigenvalue weighted by atomic mass is 35.5. The Labute approximate surface area is 246 Å². The minimum absolute atomic E-state index is 0.0702. The molecule has 212 valence electrons. The van der Waals surface area contributed by atoms with Gasteiger partial charge in [0.25, 0.3) is 5.91 Å². The molecular formula is C28H30Cl2FN5O3S. The molecule has 40 heavy (non-hydrogen) atoms. The average Bonchev–Trinajstić information content (AvgIpc) is 3.49. The predicted octanol–water partition coefficient (Wildman–Crippen LogP) is 6.16. The molecule has 2 aromatic heterocycles. The molecule has 2 aliphatic rings. The molecule has 4 heterocycles. The number of benzene rings is 1. The Kier molecular flexibility index (Phi) is 7.80. The first-order valence-corrected chi connectivity index (χ1v) is 14.6. The maximum absolute atomic E-state index is 15.2. The molecule has 0 saturated carbocycles. The summed E-state index contributed by atoms with van der Waals surface area (Å²) in [6, 6.07) is 7.00. The summed E-state index contributed by atoms with van der Waals surface area (Å²) in [6.45, 7) is 6.35. The van der Waals surface area contributed by atoms with Gasteiger partial charge in [-0.25, -0.2) is 9.18 Å². The molecule has 5 rings (SSSR count). The average molecular weight is 607 g/mol. The topological polar surface area (TPSA) is 80.6 Å². The Morgan fingerprint density at radius 2 is 1.93 bits per heavy atom. The van der Waals surface area contributed by atoms with Gasteiger partial charge in [0.15, 0.2) is 5.54 Å². The van der Waals surface area contributed by atoms with Gasteiger partial charge in [-0.15, -0.1) is 11.8 Å². The fourth-order valence-corrected chi connectivity index (χ4v) is 6.71. The van der Waals surface area contributed by atoms with Crippen molar-refractivity contribution in [2.45, 2.75) is 54.9 Å². The lowest BCUT2D eigenvalue weighted by Crippen LogP contribution is -2.68. The van der Waals surface area contributed by atoms with Crippen LogP contribution in [0.5, 0.6) is 0 Å². The minimum atomic E-state index is -1.60. The first-order valence-electron chi connectivity index (χ1n) is 12.9. The van der Waals surface area contributed by atoms with Gasteiger partial charge in [0.05, 0.1) is 16.2 Å². The van der Waals surface area contributed by atoms with Crippen molar-refractivity contribution in [1.29, 1.82) is 0 Å². The SMILES string of the molecule is Cn1cc(-c2ccc(SC3CCN(C(=O)C4(c5ncc(Cl)cc5F)CCN4C(=O)OC(C)(C)C)C3)c(Cl)c2)cn1. The number of aryl methyl sites for hydroxylation is 1. The number of likely N-dealkylation sites (tertiary alicyclic amines) is 2. The zero-order chi connectivity index (χ0) is 28.8. The van der Waals surface area contributed by atoms with Gasteiger partial charge in [0.2, 0.25) is 0 Å². The standard InChI is InChI=1S/C28H30Cl2FN5O3S/c1-27(2,3)39-26(38)36-10-8-28(36,24-22(31)12-19(29)14-32-24)25(37)35-9-7-20(16-35)40-23-6-5-17(11-21(23)30)18-13-33-34(4)15-18/h5-6,11-15,20H,7-10,16H2,1-4H3. The Hall–Kier alpha value is -2.82. The van der Waals surface area contributed by atoms with E-state index >= 15 is 4.39 Å². The normalized spacial score (nSPS) is 20.9. The van der Waals surface area contributed by atoms with Crippen LogP contribution in [0.15, 0.2) is 47.8 Å². The molecule has 12 heteroatoms. The molecule has 2 saturated heterocycles. The van der Waals surface area contributed by atoms with E-state index in [1.807, 2.05) is 31.4 Å². The quantitative estimate of drug-likeness (QED) is 0.346. The van der Waals surface area contributed by atoms with Crippen LogP contribution in [0.3, 0.4) is 0 Å². The van der Waals surface area contributed by atoms with Crippen LogP contribution < -0.4 is 0 Å². The molecule has 2 fully saturated rings. The highest BCUT2D eigenvalue weighted by Crippen LogP contribution is 2.45. The van der Waals surface area contributed by atoms with Crippen molar-refractivity contribution in [3.05, 3.63) is 64.4 Å². The molecule has 3 aromatic rings. The number of halogens is 3. The highest BCUT2D eigenvalue weighted by Gasteiger charge is 2.60. The number of ether oxygens (including phenoxy) is 1. The van der Waals surface area contributed by atoms with E-state index in [9.17, 15) is 9.59 Å². The Balaban J connectivity index is 1.36. The number of aromatic nitrogens is 3. The number of carbonyl (C=O) groups excluding carboxylic acids is 2. The zero-order valence-corrected chi connectivity index (χ0v) is 25.0. The molecule has 2 atom stereocenters. The van der Waals surface area contributed by atoms with Gasteiger partial charge in [0.1, 0.15) is 17.1 Å². The summed E-state index contributed by atoms with van der Waals surface area (Å²) in [7, 11) is 1.86. The number of nitrogens with zero attached hydrogens (tertiary/aromatic N) is 5. The Morgan fingerprint density at radius 3 is 2.52 bits per heavy atom. The molecule has 0 radical (unpaired) electrons. The van der Waals surface area contributed by atoms with Crippen molar-refractivity contribution in [3.8, 4) is 11.1 Å². The summed E-state index contributed by atoms with van der Waals surface area (Å²) in [4.78, 5) is 35.3. The highest BCUT2D eigenvalue weighted by molar-refractivity contribution is 8.00. The number of hydrogen-bond donors (Lipinski definition) is 0. The zero-order valence-electron chi connectivity index (χ0n) is 22.7. The van der Waals surface area contributed by atoms with Gasteiger partial charge >= 0.3 is 6.09 Å². The monoisotopic (exact) mass is 605 g/mol. The molecule has 0 aliphatic carbocycles. The molecule has 2 aliphatic heterocycles. The van der Waals surface area contributed by atoms with Crippen LogP contribution in [0.1, 0.15) is 39.3 Å². The minimum Gasteiger partial charge on any atom is -0.444 e. The second-order valence-corrected chi connectivity index (χ2v) is 13.2. The molecule has 2 amide bonds. The van der Waals surface area contributed by atoms with Gasteiger partial charge in [-0.2, -0.15) is 5.10 Å². The summed E-state index contributed by atoms with van der Waals surface area (Å²) >= 11 is 14.2. The smallest absolute Gasteiger partial charge is 0.411 e. The first-order chi connectivity index (χ1) is 18.9. The lowest BCUT2D eigenvalue weighted by molar-refractivity contribution is -0.154. The van der Waals surface area contributed by atoms with Crippen LogP contribution in [-0.4, -0.2) is 67.0 Å². The molecule has 1 aromatic carbocycles. The Bertz CT molecular complexity index is 1460. The van der Waals surface area contributed by atoms with Crippen LogP contribution in [0.2, 0.25) is 10.0 Å². The Morgan fingerprint density at radius 1 is 1.15 bits per heavy atom. The van der Waals surface area contributed by atoms with E-state index in [1.165, 1.54) is 11.1 Å². The second-order valence-electron chi connectivity index (χ2n) is 11.1. The van der Waals surface area contributed by atoms with Crippen molar-refractivity contribution in [1.82, 2.24) is 24.6 Å². The van der Waals surface area contributed by atoms with E-state index in [4.69, 9.17) is 27.9 Å². The summed E-state index contributed by atoms with van der Waals surface area (Å²) < 4.78 is 22.5. The molecule has 0 N–H and O–H groups in total. The largest absolute Gasteiger partial charge is 0.444 e. The predicted molar refractivity (Wildman–Crippen MR) is 153 cm³/mol. The number of amides is 2. The lowest BCUT2D eigenvalue weighted by atomic mass is 9.79. The van der Waals surface area contributed by atoms with Crippen LogP contribution >= 0.6 is 35.0 Å². The van der Waals surface area contributed by atoms with E-state index in [0.717, 1.165) is 28.5 Å². The maximum Gasteiger partial charge on any atom is 0.411 e. The molecule has 0 bridgehead atoms.